The van der Waals surface area contributed by atoms with E-state index in [1.165, 1.54) is 7.11 Å². The molecule has 0 amide bonds. The molecule has 0 atom stereocenters. The first-order chi connectivity index (χ1) is 15.6. The van der Waals surface area contributed by atoms with E-state index in [4.69, 9.17) is 24.7 Å². The standard InChI is InChI=1S/C24H27N3O5/c1-29-22-14-17(8-9-21(22)31-13-10-25)32-18-15-27(16-18)20-7-5-6-19(24(28)30-2)23(20)26-11-3-4-12-26/h3-9,11-12,14,18H,10,13,15-16,25H2,1-2H3. The number of ether oxygens (including phenoxy) is 4. The Hall–Kier alpha value is -3.65. The number of benzene rings is 2. The number of esters is 1. The van der Waals surface area contributed by atoms with E-state index in [9.17, 15) is 4.79 Å². The molecule has 8 nitrogen and oxygen atoms in total. The van der Waals surface area contributed by atoms with Crippen molar-refractivity contribution in [2.24, 2.45) is 5.73 Å². The lowest BCUT2D eigenvalue weighted by Gasteiger charge is -2.41. The molecule has 0 unspecified atom stereocenters. The van der Waals surface area contributed by atoms with Crippen LogP contribution in [0.1, 0.15) is 10.4 Å². The van der Waals surface area contributed by atoms with Crippen LogP contribution in [0.25, 0.3) is 5.69 Å². The molecular weight excluding hydrogens is 410 g/mol. The lowest BCUT2D eigenvalue weighted by molar-refractivity contribution is 0.0600. The van der Waals surface area contributed by atoms with Crippen LogP contribution in [0.3, 0.4) is 0 Å². The Morgan fingerprint density at radius 1 is 1.06 bits per heavy atom. The Morgan fingerprint density at radius 3 is 2.53 bits per heavy atom. The van der Waals surface area contributed by atoms with E-state index < -0.39 is 0 Å². The molecule has 2 aromatic carbocycles. The van der Waals surface area contributed by atoms with Crippen molar-refractivity contribution in [3.8, 4) is 22.9 Å². The summed E-state index contributed by atoms with van der Waals surface area (Å²) in [6.45, 7) is 2.23. The molecular formula is C24H27N3O5. The van der Waals surface area contributed by atoms with E-state index in [1.807, 2.05) is 59.4 Å². The molecule has 8 heteroatoms. The van der Waals surface area contributed by atoms with Gasteiger partial charge in [-0.15, -0.1) is 0 Å². The normalized spacial score (nSPS) is 13.4. The summed E-state index contributed by atoms with van der Waals surface area (Å²) in [6, 6.07) is 15.0. The molecule has 1 aromatic heterocycles. The first-order valence-corrected chi connectivity index (χ1v) is 10.4. The van der Waals surface area contributed by atoms with E-state index in [0.717, 1.165) is 11.4 Å². The van der Waals surface area contributed by atoms with Crippen LogP contribution in [0, 0.1) is 0 Å². The van der Waals surface area contributed by atoms with Gasteiger partial charge in [0.1, 0.15) is 18.5 Å². The topological polar surface area (TPSA) is 88.2 Å². The monoisotopic (exact) mass is 437 g/mol. The van der Waals surface area contributed by atoms with Crippen LogP contribution >= 0.6 is 0 Å². The van der Waals surface area contributed by atoms with Gasteiger partial charge in [-0.2, -0.15) is 0 Å². The summed E-state index contributed by atoms with van der Waals surface area (Å²) in [5.74, 6) is 1.58. The number of aromatic nitrogens is 1. The third kappa shape index (κ3) is 4.36. The maximum atomic E-state index is 12.4. The summed E-state index contributed by atoms with van der Waals surface area (Å²) in [5, 5.41) is 0. The molecule has 168 valence electrons. The van der Waals surface area contributed by atoms with E-state index >= 15 is 0 Å². The zero-order valence-corrected chi connectivity index (χ0v) is 18.2. The van der Waals surface area contributed by atoms with Crippen molar-refractivity contribution in [2.45, 2.75) is 6.10 Å². The second kappa shape index (κ2) is 9.65. The SMILES string of the molecule is COC(=O)c1cccc(N2CC(Oc3ccc(OCCN)c(OC)c3)C2)c1-n1cccc1. The van der Waals surface area contributed by atoms with Gasteiger partial charge in [-0.05, 0) is 36.4 Å². The van der Waals surface area contributed by atoms with Gasteiger partial charge in [-0.3, -0.25) is 0 Å². The number of rotatable bonds is 9. The van der Waals surface area contributed by atoms with Crippen molar-refractivity contribution in [2.75, 3.05) is 45.4 Å². The van der Waals surface area contributed by atoms with Gasteiger partial charge in [0.2, 0.25) is 0 Å². The van der Waals surface area contributed by atoms with Crippen molar-refractivity contribution >= 4 is 11.7 Å². The summed E-state index contributed by atoms with van der Waals surface area (Å²) < 4.78 is 24.1. The quantitative estimate of drug-likeness (QED) is 0.515. The largest absolute Gasteiger partial charge is 0.493 e. The van der Waals surface area contributed by atoms with Gasteiger partial charge in [0.25, 0.3) is 0 Å². The summed E-state index contributed by atoms with van der Waals surface area (Å²) in [4.78, 5) is 14.5. The van der Waals surface area contributed by atoms with Gasteiger partial charge in [-0.1, -0.05) is 6.07 Å². The minimum atomic E-state index is -0.368. The predicted molar refractivity (Wildman–Crippen MR) is 121 cm³/mol. The Kier molecular flexibility index (Phi) is 6.51. The minimum Gasteiger partial charge on any atom is -0.493 e. The van der Waals surface area contributed by atoms with Crippen molar-refractivity contribution in [1.82, 2.24) is 4.57 Å². The molecule has 0 spiro atoms. The summed E-state index contributed by atoms with van der Waals surface area (Å²) in [7, 11) is 2.99. The molecule has 2 N–H and O–H groups in total. The number of hydrogen-bond acceptors (Lipinski definition) is 7. The zero-order valence-electron chi connectivity index (χ0n) is 18.2. The molecule has 32 heavy (non-hydrogen) atoms. The fourth-order valence-electron chi connectivity index (χ4n) is 3.73. The molecule has 1 aliphatic heterocycles. The van der Waals surface area contributed by atoms with Crippen molar-refractivity contribution < 1.29 is 23.7 Å². The zero-order chi connectivity index (χ0) is 22.5. The van der Waals surface area contributed by atoms with E-state index in [1.54, 1.807) is 13.2 Å². The number of hydrogen-bond donors (Lipinski definition) is 1. The van der Waals surface area contributed by atoms with Gasteiger partial charge >= 0.3 is 5.97 Å². The highest BCUT2D eigenvalue weighted by atomic mass is 16.5. The van der Waals surface area contributed by atoms with Crippen LogP contribution in [-0.4, -0.2) is 57.1 Å². The predicted octanol–water partition coefficient (Wildman–Crippen LogP) is 2.88. The number of methoxy groups -OCH3 is 2. The fourth-order valence-corrected chi connectivity index (χ4v) is 3.73. The van der Waals surface area contributed by atoms with Gasteiger partial charge in [0.15, 0.2) is 11.5 Å². The molecule has 0 saturated carbocycles. The average molecular weight is 437 g/mol. The van der Waals surface area contributed by atoms with Crippen LogP contribution < -0.4 is 24.8 Å². The van der Waals surface area contributed by atoms with Crippen molar-refractivity contribution in [3.05, 3.63) is 66.5 Å². The summed E-state index contributed by atoms with van der Waals surface area (Å²) >= 11 is 0. The molecule has 0 bridgehead atoms. The average Bonchev–Trinajstić information content (AvgIpc) is 3.33. The van der Waals surface area contributed by atoms with Crippen molar-refractivity contribution in [1.29, 1.82) is 0 Å². The molecule has 4 rings (SSSR count). The molecule has 1 fully saturated rings. The van der Waals surface area contributed by atoms with E-state index in [-0.39, 0.29) is 12.1 Å². The maximum absolute atomic E-state index is 12.4. The Balaban J connectivity index is 1.49. The molecule has 0 radical (unpaired) electrons. The number of nitrogens with two attached hydrogens (primary N) is 1. The second-order valence-corrected chi connectivity index (χ2v) is 7.35. The van der Waals surface area contributed by atoms with Gasteiger partial charge in [0.05, 0.1) is 44.2 Å². The van der Waals surface area contributed by atoms with Crippen LogP contribution in [-0.2, 0) is 4.74 Å². The Morgan fingerprint density at radius 2 is 1.84 bits per heavy atom. The fraction of sp³-hybridized carbons (Fsp3) is 0.292. The van der Waals surface area contributed by atoms with E-state index in [0.29, 0.717) is 49.1 Å². The minimum absolute atomic E-state index is 0.00908. The maximum Gasteiger partial charge on any atom is 0.340 e. The third-order valence-corrected chi connectivity index (χ3v) is 5.28. The molecule has 2 heterocycles. The highest BCUT2D eigenvalue weighted by Crippen LogP contribution is 2.35. The summed E-state index contributed by atoms with van der Waals surface area (Å²) in [5.41, 5.74) is 7.77. The van der Waals surface area contributed by atoms with Crippen molar-refractivity contribution in [3.63, 3.8) is 0 Å². The van der Waals surface area contributed by atoms with Gasteiger partial charge < -0.3 is 34.1 Å². The second-order valence-electron chi connectivity index (χ2n) is 7.35. The number of nitrogens with zero attached hydrogens (tertiary/aromatic N) is 2. The highest BCUT2D eigenvalue weighted by Gasteiger charge is 2.32. The van der Waals surface area contributed by atoms with E-state index in [2.05, 4.69) is 4.90 Å². The lowest BCUT2D eigenvalue weighted by Crippen LogP contribution is -2.54. The molecule has 3 aromatic rings. The molecule has 1 aliphatic rings. The van der Waals surface area contributed by atoms with Gasteiger partial charge in [-0.25, -0.2) is 4.79 Å². The van der Waals surface area contributed by atoms with Gasteiger partial charge in [0, 0.05) is 25.0 Å². The number of para-hydroxylation sites is 1. The van der Waals surface area contributed by atoms with Crippen LogP contribution in [0.15, 0.2) is 60.9 Å². The third-order valence-electron chi connectivity index (χ3n) is 5.28. The highest BCUT2D eigenvalue weighted by molar-refractivity contribution is 5.96. The van der Waals surface area contributed by atoms with Crippen LogP contribution in [0.2, 0.25) is 0 Å². The number of carbonyl (C=O) groups is 1. The molecule has 0 aliphatic carbocycles. The van der Waals surface area contributed by atoms with Crippen LogP contribution in [0.4, 0.5) is 5.69 Å². The first-order valence-electron chi connectivity index (χ1n) is 10.4. The smallest absolute Gasteiger partial charge is 0.340 e. The summed E-state index contributed by atoms with van der Waals surface area (Å²) in [6.07, 6.45) is 3.84. The number of anilines is 1. The Labute approximate surface area is 187 Å². The molecule has 1 saturated heterocycles. The number of carbonyl (C=O) groups excluding carboxylic acids is 1. The van der Waals surface area contributed by atoms with Crippen LogP contribution in [0.5, 0.6) is 17.2 Å². The first kappa shape index (κ1) is 21.6. The Bertz CT molecular complexity index is 1060. The lowest BCUT2D eigenvalue weighted by atomic mass is 10.1.